The van der Waals surface area contributed by atoms with Gasteiger partial charge >= 0.3 is 0 Å². The van der Waals surface area contributed by atoms with Crippen LogP contribution in [0.2, 0.25) is 0 Å². The summed E-state index contributed by atoms with van der Waals surface area (Å²) in [7, 11) is 1.75. The van der Waals surface area contributed by atoms with Gasteiger partial charge in [-0.1, -0.05) is 13.8 Å². The molecule has 1 aliphatic heterocycles. The molecule has 0 aromatic rings. The average Bonchev–Trinajstić information content (AvgIpc) is 2.37. The Hall–Kier alpha value is -0.610. The van der Waals surface area contributed by atoms with Crippen LogP contribution >= 0.6 is 0 Å². The van der Waals surface area contributed by atoms with Gasteiger partial charge in [0.05, 0.1) is 6.10 Å². The molecule has 1 atom stereocenters. The number of carbonyl (C=O) groups is 1. The molecule has 1 heterocycles. The lowest BCUT2D eigenvalue weighted by molar-refractivity contribution is -0.134. The van der Waals surface area contributed by atoms with Crippen molar-refractivity contribution < 1.29 is 9.53 Å². The summed E-state index contributed by atoms with van der Waals surface area (Å²) in [6.45, 7) is 6.62. The molecule has 106 valence electrons. The molecule has 0 unspecified atom stereocenters. The van der Waals surface area contributed by atoms with Gasteiger partial charge in [0.2, 0.25) is 5.91 Å². The van der Waals surface area contributed by atoms with Crippen molar-refractivity contribution in [2.75, 3.05) is 26.7 Å². The van der Waals surface area contributed by atoms with Crippen LogP contribution in [0.4, 0.5) is 0 Å². The third kappa shape index (κ3) is 4.94. The van der Waals surface area contributed by atoms with Crippen LogP contribution in [0, 0.1) is 11.8 Å². The molecule has 1 saturated heterocycles. The molecule has 0 aliphatic carbocycles. The summed E-state index contributed by atoms with van der Waals surface area (Å²) >= 11 is 0. The van der Waals surface area contributed by atoms with Crippen LogP contribution in [-0.2, 0) is 9.53 Å². The zero-order chi connectivity index (χ0) is 13.5. The van der Waals surface area contributed by atoms with E-state index in [1.165, 1.54) is 0 Å². The summed E-state index contributed by atoms with van der Waals surface area (Å²) in [5.41, 5.74) is 5.75. The molecule has 1 amide bonds. The molecule has 0 radical (unpaired) electrons. The zero-order valence-electron chi connectivity index (χ0n) is 12.0. The lowest BCUT2D eigenvalue weighted by Crippen LogP contribution is -2.41. The number of nitrogens with two attached hydrogens (primary N) is 1. The van der Waals surface area contributed by atoms with Crippen molar-refractivity contribution in [2.45, 2.75) is 45.6 Å². The molecule has 2 N–H and O–H groups in total. The number of hydrogen-bond acceptors (Lipinski definition) is 3. The predicted molar refractivity (Wildman–Crippen MR) is 73.2 cm³/mol. The number of ether oxygens (including phenoxy) is 1. The fraction of sp³-hybridized carbons (Fsp3) is 0.929. The van der Waals surface area contributed by atoms with Gasteiger partial charge in [-0.05, 0) is 37.6 Å². The summed E-state index contributed by atoms with van der Waals surface area (Å²) in [6, 6.07) is 0. The average molecular weight is 256 g/mol. The second-order valence-corrected chi connectivity index (χ2v) is 5.75. The van der Waals surface area contributed by atoms with Gasteiger partial charge in [0.15, 0.2) is 0 Å². The predicted octanol–water partition coefficient (Wildman–Crippen LogP) is 1.63. The first-order valence-corrected chi connectivity index (χ1v) is 7.07. The van der Waals surface area contributed by atoms with Crippen LogP contribution in [0.3, 0.4) is 0 Å². The number of amides is 1. The van der Waals surface area contributed by atoms with E-state index in [1.54, 1.807) is 7.11 Å². The quantitative estimate of drug-likeness (QED) is 0.786. The van der Waals surface area contributed by atoms with Crippen molar-refractivity contribution in [1.29, 1.82) is 0 Å². The standard InChI is InChI=1S/C14H28N2O2/c1-11(2)8-12(10-15)9-14(17)16-6-4-13(18-3)5-7-16/h11-13H,4-10,15H2,1-3H3/t12-/m0/s1. The van der Waals surface area contributed by atoms with Gasteiger partial charge < -0.3 is 15.4 Å². The fourth-order valence-corrected chi connectivity index (χ4v) is 2.65. The number of piperidine rings is 1. The second-order valence-electron chi connectivity index (χ2n) is 5.75. The van der Waals surface area contributed by atoms with E-state index < -0.39 is 0 Å². The number of nitrogens with zero attached hydrogens (tertiary/aromatic N) is 1. The zero-order valence-corrected chi connectivity index (χ0v) is 12.0. The molecule has 0 aromatic heterocycles. The smallest absolute Gasteiger partial charge is 0.222 e. The molecule has 1 fully saturated rings. The Balaban J connectivity index is 2.35. The van der Waals surface area contributed by atoms with Crippen LogP contribution in [0.5, 0.6) is 0 Å². The highest BCUT2D eigenvalue weighted by atomic mass is 16.5. The molecule has 0 saturated carbocycles. The van der Waals surface area contributed by atoms with Gasteiger partial charge in [0.25, 0.3) is 0 Å². The first-order chi connectivity index (χ1) is 8.56. The van der Waals surface area contributed by atoms with Crippen LogP contribution in [0.1, 0.15) is 39.5 Å². The summed E-state index contributed by atoms with van der Waals surface area (Å²) < 4.78 is 5.32. The lowest BCUT2D eigenvalue weighted by atomic mass is 9.93. The Labute approximate surface area is 111 Å². The monoisotopic (exact) mass is 256 g/mol. The molecule has 1 aliphatic rings. The van der Waals surface area contributed by atoms with Crippen LogP contribution in [0.15, 0.2) is 0 Å². The third-order valence-electron chi connectivity index (χ3n) is 3.73. The van der Waals surface area contributed by atoms with Crippen LogP contribution in [0.25, 0.3) is 0 Å². The normalized spacial score (nSPS) is 19.3. The second kappa shape index (κ2) is 7.74. The van der Waals surface area contributed by atoms with Crippen LogP contribution < -0.4 is 5.73 Å². The van der Waals surface area contributed by atoms with Gasteiger partial charge in [-0.15, -0.1) is 0 Å². The van der Waals surface area contributed by atoms with E-state index in [1.807, 2.05) is 4.90 Å². The van der Waals surface area contributed by atoms with E-state index in [0.717, 1.165) is 32.4 Å². The number of rotatable bonds is 6. The van der Waals surface area contributed by atoms with Gasteiger partial charge in [-0.3, -0.25) is 4.79 Å². The third-order valence-corrected chi connectivity index (χ3v) is 3.73. The molecular weight excluding hydrogens is 228 g/mol. The molecule has 1 rings (SSSR count). The van der Waals surface area contributed by atoms with E-state index in [4.69, 9.17) is 10.5 Å². The summed E-state index contributed by atoms with van der Waals surface area (Å²) in [6.07, 6.45) is 3.89. The van der Waals surface area contributed by atoms with E-state index in [9.17, 15) is 4.79 Å². The maximum Gasteiger partial charge on any atom is 0.222 e. The molecule has 4 nitrogen and oxygen atoms in total. The van der Waals surface area contributed by atoms with E-state index in [2.05, 4.69) is 13.8 Å². The van der Waals surface area contributed by atoms with E-state index >= 15 is 0 Å². The van der Waals surface area contributed by atoms with E-state index in [-0.39, 0.29) is 5.91 Å². The molecule has 0 spiro atoms. The lowest BCUT2D eigenvalue weighted by Gasteiger charge is -2.32. The van der Waals surface area contributed by atoms with Gasteiger partial charge in [0.1, 0.15) is 0 Å². The summed E-state index contributed by atoms with van der Waals surface area (Å²) in [5, 5.41) is 0. The summed E-state index contributed by atoms with van der Waals surface area (Å²) in [5.74, 6) is 1.20. The minimum Gasteiger partial charge on any atom is -0.381 e. The van der Waals surface area contributed by atoms with Gasteiger partial charge in [-0.2, -0.15) is 0 Å². The number of likely N-dealkylation sites (tertiary alicyclic amines) is 1. The topological polar surface area (TPSA) is 55.6 Å². The minimum absolute atomic E-state index is 0.264. The Morgan fingerprint density at radius 2 is 2.00 bits per heavy atom. The largest absolute Gasteiger partial charge is 0.381 e. The van der Waals surface area contributed by atoms with Crippen molar-refractivity contribution in [3.63, 3.8) is 0 Å². The van der Waals surface area contributed by atoms with E-state index in [0.29, 0.717) is 30.9 Å². The molecule has 18 heavy (non-hydrogen) atoms. The molecule has 0 aromatic carbocycles. The van der Waals surface area contributed by atoms with Crippen molar-refractivity contribution in [3.8, 4) is 0 Å². The van der Waals surface area contributed by atoms with Crippen molar-refractivity contribution >= 4 is 5.91 Å². The van der Waals surface area contributed by atoms with Crippen molar-refractivity contribution in [1.82, 2.24) is 4.90 Å². The van der Waals surface area contributed by atoms with Crippen molar-refractivity contribution in [3.05, 3.63) is 0 Å². The Morgan fingerprint density at radius 3 is 2.44 bits per heavy atom. The highest BCUT2D eigenvalue weighted by Crippen LogP contribution is 2.18. The fourth-order valence-electron chi connectivity index (χ4n) is 2.65. The Kier molecular flexibility index (Phi) is 6.65. The Morgan fingerprint density at radius 1 is 1.39 bits per heavy atom. The van der Waals surface area contributed by atoms with Crippen LogP contribution in [-0.4, -0.2) is 43.7 Å². The first kappa shape index (κ1) is 15.4. The number of methoxy groups -OCH3 is 1. The minimum atomic E-state index is 0.264. The highest BCUT2D eigenvalue weighted by molar-refractivity contribution is 5.76. The molecule has 0 bridgehead atoms. The Bertz CT molecular complexity index is 248. The maximum atomic E-state index is 12.2. The molecular formula is C14H28N2O2. The summed E-state index contributed by atoms with van der Waals surface area (Å²) in [4.78, 5) is 14.1. The first-order valence-electron chi connectivity index (χ1n) is 7.07. The molecule has 4 heteroatoms. The SMILES string of the molecule is COC1CCN(C(=O)C[C@@H](CN)CC(C)C)CC1. The van der Waals surface area contributed by atoms with Gasteiger partial charge in [0, 0.05) is 26.6 Å². The number of hydrogen-bond donors (Lipinski definition) is 1. The van der Waals surface area contributed by atoms with Gasteiger partial charge in [-0.25, -0.2) is 0 Å². The van der Waals surface area contributed by atoms with Crippen molar-refractivity contribution in [2.24, 2.45) is 17.6 Å². The highest BCUT2D eigenvalue weighted by Gasteiger charge is 2.24. The number of carbonyl (C=O) groups excluding carboxylic acids is 1. The maximum absolute atomic E-state index is 12.2.